The third kappa shape index (κ3) is 4.55. The number of benzene rings is 1. The molecule has 1 fully saturated rings. The van der Waals surface area contributed by atoms with E-state index in [4.69, 9.17) is 0 Å². The topological polar surface area (TPSA) is 69.7 Å². The maximum atomic E-state index is 12.7. The summed E-state index contributed by atoms with van der Waals surface area (Å²) in [5.74, 6) is -0.111. The van der Waals surface area contributed by atoms with Gasteiger partial charge in [0.1, 0.15) is 0 Å². The minimum absolute atomic E-state index is 0.111. The summed E-state index contributed by atoms with van der Waals surface area (Å²) in [4.78, 5) is 16.9. The van der Waals surface area contributed by atoms with Crippen molar-refractivity contribution in [2.45, 2.75) is 44.7 Å². The maximum absolute atomic E-state index is 12.7. The zero-order valence-electron chi connectivity index (χ0n) is 14.8. The first-order valence-electron chi connectivity index (χ1n) is 8.36. The van der Waals surface area contributed by atoms with Gasteiger partial charge in [-0.3, -0.25) is 9.69 Å². The highest BCUT2D eigenvalue weighted by molar-refractivity contribution is 7.89. The summed E-state index contributed by atoms with van der Waals surface area (Å²) in [6.45, 7) is 10.8. The van der Waals surface area contributed by atoms with Crippen molar-refractivity contribution in [1.82, 2.24) is 14.5 Å². The number of carbonyl (C=O) groups is 1. The van der Waals surface area contributed by atoms with Crippen LogP contribution < -0.4 is 4.72 Å². The van der Waals surface area contributed by atoms with Crippen molar-refractivity contribution in [2.75, 3.05) is 26.2 Å². The fraction of sp³-hybridized carbons (Fsp3) is 0.588. The molecule has 1 saturated heterocycles. The molecule has 24 heavy (non-hydrogen) atoms. The van der Waals surface area contributed by atoms with E-state index in [9.17, 15) is 13.2 Å². The first-order chi connectivity index (χ1) is 11.2. The molecule has 0 atom stereocenters. The van der Waals surface area contributed by atoms with E-state index in [2.05, 4.69) is 23.5 Å². The Morgan fingerprint density at radius 3 is 2.25 bits per heavy atom. The lowest BCUT2D eigenvalue weighted by Crippen LogP contribution is -2.50. The van der Waals surface area contributed by atoms with Gasteiger partial charge < -0.3 is 4.90 Å². The van der Waals surface area contributed by atoms with Gasteiger partial charge in [-0.2, -0.15) is 0 Å². The monoisotopic (exact) mass is 353 g/mol. The van der Waals surface area contributed by atoms with E-state index in [1.54, 1.807) is 30.9 Å². The van der Waals surface area contributed by atoms with Crippen molar-refractivity contribution in [1.29, 1.82) is 0 Å². The zero-order valence-corrected chi connectivity index (χ0v) is 15.6. The third-order valence-corrected chi connectivity index (χ3v) is 5.77. The number of hydrogen-bond acceptors (Lipinski definition) is 4. The number of amides is 1. The predicted molar refractivity (Wildman–Crippen MR) is 94.5 cm³/mol. The van der Waals surface area contributed by atoms with Crippen molar-refractivity contribution in [3.05, 3.63) is 29.8 Å². The van der Waals surface area contributed by atoms with Crippen molar-refractivity contribution >= 4 is 15.9 Å². The van der Waals surface area contributed by atoms with E-state index in [0.29, 0.717) is 24.7 Å². The Kier molecular flexibility index (Phi) is 6.01. The number of sulfonamides is 1. The second-order valence-electron chi connectivity index (χ2n) is 6.73. The van der Waals surface area contributed by atoms with Gasteiger partial charge in [-0.25, -0.2) is 13.1 Å². The van der Waals surface area contributed by atoms with Crippen molar-refractivity contribution in [2.24, 2.45) is 0 Å². The van der Waals surface area contributed by atoms with Crippen LogP contribution in [0.4, 0.5) is 0 Å². The standard InChI is InChI=1S/C17H27N3O3S/c1-13(2)18-24(22,23)16-7-5-6-15(12-16)17(21)20-10-8-19(9-11-20)14(3)4/h5-7,12-14,18H,8-11H2,1-4H3. The summed E-state index contributed by atoms with van der Waals surface area (Å²) < 4.78 is 27.1. The number of piperazine rings is 1. The van der Waals surface area contributed by atoms with Crippen LogP contribution in [-0.4, -0.2) is 62.4 Å². The molecule has 1 aromatic carbocycles. The minimum Gasteiger partial charge on any atom is -0.336 e. The van der Waals surface area contributed by atoms with Crippen molar-refractivity contribution < 1.29 is 13.2 Å². The van der Waals surface area contributed by atoms with E-state index in [0.717, 1.165) is 13.1 Å². The Hall–Kier alpha value is -1.44. The van der Waals surface area contributed by atoms with Crippen LogP contribution in [0.1, 0.15) is 38.1 Å². The Morgan fingerprint density at radius 1 is 1.08 bits per heavy atom. The molecule has 1 amide bonds. The zero-order chi connectivity index (χ0) is 17.9. The van der Waals surface area contributed by atoms with Crippen LogP contribution in [-0.2, 0) is 10.0 Å². The van der Waals surface area contributed by atoms with Gasteiger partial charge in [0, 0.05) is 43.8 Å². The van der Waals surface area contributed by atoms with Crippen LogP contribution in [0.15, 0.2) is 29.2 Å². The maximum Gasteiger partial charge on any atom is 0.253 e. The Balaban J connectivity index is 2.13. The molecule has 0 aromatic heterocycles. The summed E-state index contributed by atoms with van der Waals surface area (Å²) in [6.07, 6.45) is 0. The number of nitrogens with one attached hydrogen (secondary N) is 1. The lowest BCUT2D eigenvalue weighted by Gasteiger charge is -2.37. The lowest BCUT2D eigenvalue weighted by molar-refractivity contribution is 0.0595. The van der Waals surface area contributed by atoms with Crippen LogP contribution in [0.5, 0.6) is 0 Å². The molecule has 134 valence electrons. The van der Waals surface area contributed by atoms with Gasteiger partial charge in [-0.1, -0.05) is 6.07 Å². The Bertz CT molecular complexity index is 678. The average molecular weight is 353 g/mol. The second kappa shape index (κ2) is 7.63. The molecule has 1 heterocycles. The van der Waals surface area contributed by atoms with Gasteiger partial charge in [0.05, 0.1) is 4.90 Å². The van der Waals surface area contributed by atoms with Gasteiger partial charge in [0.25, 0.3) is 5.91 Å². The molecule has 1 aliphatic rings. The van der Waals surface area contributed by atoms with Gasteiger partial charge >= 0.3 is 0 Å². The smallest absolute Gasteiger partial charge is 0.253 e. The van der Waals surface area contributed by atoms with Crippen LogP contribution in [0.3, 0.4) is 0 Å². The summed E-state index contributed by atoms with van der Waals surface area (Å²) in [5.41, 5.74) is 0.416. The van der Waals surface area contributed by atoms with Gasteiger partial charge in [0.2, 0.25) is 10.0 Å². The second-order valence-corrected chi connectivity index (χ2v) is 8.44. The van der Waals surface area contributed by atoms with Gasteiger partial charge in [-0.05, 0) is 45.9 Å². The average Bonchev–Trinajstić information content (AvgIpc) is 2.53. The summed E-state index contributed by atoms with van der Waals surface area (Å²) >= 11 is 0. The molecule has 0 unspecified atom stereocenters. The molecule has 0 radical (unpaired) electrons. The van der Waals surface area contributed by atoms with Crippen LogP contribution in [0.25, 0.3) is 0 Å². The molecular formula is C17H27N3O3S. The number of hydrogen-bond donors (Lipinski definition) is 1. The van der Waals surface area contributed by atoms with Crippen molar-refractivity contribution in [3.8, 4) is 0 Å². The summed E-state index contributed by atoms with van der Waals surface area (Å²) in [7, 11) is -3.60. The van der Waals surface area contributed by atoms with E-state index < -0.39 is 10.0 Å². The van der Waals surface area contributed by atoms with Gasteiger partial charge in [-0.15, -0.1) is 0 Å². The highest BCUT2D eigenvalue weighted by Crippen LogP contribution is 2.15. The van der Waals surface area contributed by atoms with Crippen LogP contribution >= 0.6 is 0 Å². The first kappa shape index (κ1) is 18.9. The summed E-state index contributed by atoms with van der Waals surface area (Å²) in [5, 5.41) is 0. The molecule has 1 N–H and O–H groups in total. The molecule has 0 aliphatic carbocycles. The molecule has 0 spiro atoms. The molecule has 1 aromatic rings. The first-order valence-corrected chi connectivity index (χ1v) is 9.85. The Labute approximate surface area is 144 Å². The molecule has 7 heteroatoms. The third-order valence-electron chi connectivity index (χ3n) is 4.11. The van der Waals surface area contributed by atoms with E-state index in [-0.39, 0.29) is 16.8 Å². The minimum atomic E-state index is -3.60. The van der Waals surface area contributed by atoms with Crippen molar-refractivity contribution in [3.63, 3.8) is 0 Å². The SMILES string of the molecule is CC(C)NS(=O)(=O)c1cccc(C(=O)N2CCN(C(C)C)CC2)c1. The highest BCUT2D eigenvalue weighted by atomic mass is 32.2. The summed E-state index contributed by atoms with van der Waals surface area (Å²) in [6, 6.07) is 6.54. The van der Waals surface area contributed by atoms with Gasteiger partial charge in [0.15, 0.2) is 0 Å². The Morgan fingerprint density at radius 2 is 1.71 bits per heavy atom. The van der Waals surface area contributed by atoms with E-state index in [1.165, 1.54) is 12.1 Å². The fourth-order valence-electron chi connectivity index (χ4n) is 2.80. The molecule has 6 nitrogen and oxygen atoms in total. The molecule has 0 saturated carbocycles. The molecule has 1 aliphatic heterocycles. The number of carbonyl (C=O) groups excluding carboxylic acids is 1. The fourth-order valence-corrected chi connectivity index (χ4v) is 4.10. The predicted octanol–water partition coefficient (Wildman–Crippen LogP) is 1.54. The largest absolute Gasteiger partial charge is 0.336 e. The van der Waals surface area contributed by atoms with Crippen LogP contribution in [0, 0.1) is 0 Å². The van der Waals surface area contributed by atoms with Crippen LogP contribution in [0.2, 0.25) is 0 Å². The normalized spacial score (nSPS) is 16.8. The molecule has 2 rings (SSSR count). The quantitative estimate of drug-likeness (QED) is 0.872. The highest BCUT2D eigenvalue weighted by Gasteiger charge is 2.24. The molecule has 0 bridgehead atoms. The lowest BCUT2D eigenvalue weighted by atomic mass is 10.1. The molecular weight excluding hydrogens is 326 g/mol. The van der Waals surface area contributed by atoms with E-state index in [1.807, 2.05) is 0 Å². The van der Waals surface area contributed by atoms with E-state index >= 15 is 0 Å². The number of rotatable bonds is 5. The number of nitrogens with zero attached hydrogens (tertiary/aromatic N) is 2.